The van der Waals surface area contributed by atoms with Crippen molar-refractivity contribution in [3.63, 3.8) is 0 Å². The molecular weight excluding hydrogens is 338 g/mol. The monoisotopic (exact) mass is 357 g/mol. The molecule has 2 aromatic rings. The van der Waals surface area contributed by atoms with E-state index in [0.29, 0.717) is 28.5 Å². The molecule has 0 aromatic heterocycles. The lowest BCUT2D eigenvalue weighted by Gasteiger charge is -2.07. The molecule has 0 saturated carbocycles. The second kappa shape index (κ2) is 9.07. The maximum atomic E-state index is 11.8. The fourth-order valence-corrected chi connectivity index (χ4v) is 2.01. The Bertz CT molecular complexity index is 803. The molecule has 0 aliphatic carbocycles. The first-order valence-electron chi connectivity index (χ1n) is 7.58. The lowest BCUT2D eigenvalue weighted by atomic mass is 10.2. The van der Waals surface area contributed by atoms with Crippen LogP contribution in [-0.4, -0.2) is 39.4 Å². The predicted octanol–water partition coefficient (Wildman–Crippen LogP) is 1.80. The van der Waals surface area contributed by atoms with Crippen molar-refractivity contribution in [2.75, 3.05) is 26.6 Å². The van der Waals surface area contributed by atoms with Crippen molar-refractivity contribution in [1.82, 2.24) is 5.43 Å². The number of benzene rings is 2. The number of carbonyl (C=O) groups excluding carboxylic acids is 2. The topological polar surface area (TPSA) is 98.2 Å². The van der Waals surface area contributed by atoms with Crippen LogP contribution < -0.4 is 25.0 Å². The molecular formula is C18H19N3O5. The van der Waals surface area contributed by atoms with Gasteiger partial charge in [0.25, 0.3) is 0 Å². The molecule has 8 nitrogen and oxygen atoms in total. The van der Waals surface area contributed by atoms with Crippen LogP contribution in [0.25, 0.3) is 0 Å². The van der Waals surface area contributed by atoms with Gasteiger partial charge in [0.1, 0.15) is 5.75 Å². The molecule has 0 spiro atoms. The van der Waals surface area contributed by atoms with Gasteiger partial charge in [-0.05, 0) is 48.0 Å². The lowest BCUT2D eigenvalue weighted by molar-refractivity contribution is -0.136. The quantitative estimate of drug-likeness (QED) is 0.467. The highest BCUT2D eigenvalue weighted by atomic mass is 16.5. The Labute approximate surface area is 150 Å². The second-order valence-corrected chi connectivity index (χ2v) is 5.00. The number of anilines is 1. The lowest BCUT2D eigenvalue weighted by Crippen LogP contribution is -2.32. The first kappa shape index (κ1) is 18.8. The van der Waals surface area contributed by atoms with Gasteiger partial charge in [-0.2, -0.15) is 5.10 Å². The van der Waals surface area contributed by atoms with E-state index >= 15 is 0 Å². The summed E-state index contributed by atoms with van der Waals surface area (Å²) in [5.74, 6) is 0.0247. The van der Waals surface area contributed by atoms with Gasteiger partial charge in [0.05, 0.1) is 27.5 Å². The van der Waals surface area contributed by atoms with Crippen LogP contribution in [0.2, 0.25) is 0 Å². The summed E-state index contributed by atoms with van der Waals surface area (Å²) in [6.45, 7) is 0. The van der Waals surface area contributed by atoms with Crippen LogP contribution >= 0.6 is 0 Å². The van der Waals surface area contributed by atoms with Gasteiger partial charge in [-0.3, -0.25) is 9.59 Å². The molecule has 2 amide bonds. The van der Waals surface area contributed by atoms with Gasteiger partial charge in [-0.15, -0.1) is 0 Å². The molecule has 0 fully saturated rings. The molecule has 0 atom stereocenters. The van der Waals surface area contributed by atoms with E-state index in [2.05, 4.69) is 15.8 Å². The van der Waals surface area contributed by atoms with Gasteiger partial charge in [0, 0.05) is 5.69 Å². The molecule has 2 rings (SSSR count). The molecule has 0 unspecified atom stereocenters. The Morgan fingerprint density at radius 3 is 2.19 bits per heavy atom. The van der Waals surface area contributed by atoms with Crippen LogP contribution in [0.15, 0.2) is 47.6 Å². The minimum absolute atomic E-state index is 0.467. The third-order valence-corrected chi connectivity index (χ3v) is 3.34. The Morgan fingerprint density at radius 2 is 1.58 bits per heavy atom. The van der Waals surface area contributed by atoms with Gasteiger partial charge >= 0.3 is 11.8 Å². The zero-order valence-corrected chi connectivity index (χ0v) is 14.6. The molecule has 0 radical (unpaired) electrons. The number of amides is 2. The van der Waals surface area contributed by atoms with E-state index in [4.69, 9.17) is 14.2 Å². The van der Waals surface area contributed by atoms with Crippen molar-refractivity contribution >= 4 is 23.7 Å². The molecule has 0 heterocycles. The Balaban J connectivity index is 1.92. The zero-order valence-electron chi connectivity index (χ0n) is 14.6. The van der Waals surface area contributed by atoms with Crippen LogP contribution in [0.1, 0.15) is 5.56 Å². The Morgan fingerprint density at radius 1 is 0.885 bits per heavy atom. The van der Waals surface area contributed by atoms with Crippen molar-refractivity contribution in [2.45, 2.75) is 0 Å². The number of hydrogen-bond donors (Lipinski definition) is 2. The van der Waals surface area contributed by atoms with Crippen LogP contribution in [0.5, 0.6) is 17.2 Å². The van der Waals surface area contributed by atoms with Gasteiger partial charge in [0.2, 0.25) is 0 Å². The van der Waals surface area contributed by atoms with E-state index in [0.717, 1.165) is 0 Å². The minimum Gasteiger partial charge on any atom is -0.497 e. The Kier molecular flexibility index (Phi) is 6.55. The van der Waals surface area contributed by atoms with E-state index in [9.17, 15) is 9.59 Å². The van der Waals surface area contributed by atoms with Gasteiger partial charge in [-0.1, -0.05) is 0 Å². The third-order valence-electron chi connectivity index (χ3n) is 3.34. The highest BCUT2D eigenvalue weighted by molar-refractivity contribution is 6.39. The summed E-state index contributed by atoms with van der Waals surface area (Å²) in [5, 5.41) is 6.22. The average molecular weight is 357 g/mol. The van der Waals surface area contributed by atoms with Crippen LogP contribution in [-0.2, 0) is 9.59 Å². The molecule has 2 N–H and O–H groups in total. The van der Waals surface area contributed by atoms with Crippen LogP contribution in [0, 0.1) is 0 Å². The number of carbonyl (C=O) groups is 2. The first-order valence-corrected chi connectivity index (χ1v) is 7.58. The fourth-order valence-electron chi connectivity index (χ4n) is 2.01. The maximum Gasteiger partial charge on any atom is 0.329 e. The molecule has 2 aromatic carbocycles. The normalized spacial score (nSPS) is 10.3. The van der Waals surface area contributed by atoms with Crippen molar-refractivity contribution in [2.24, 2.45) is 5.10 Å². The van der Waals surface area contributed by atoms with Crippen LogP contribution in [0.4, 0.5) is 5.69 Å². The standard InChI is InChI=1S/C18H19N3O5/c1-24-14-7-5-13(6-8-14)20-17(22)18(23)21-19-11-12-4-9-15(25-2)16(10-12)26-3/h4-11H,1-3H3,(H,20,22)(H,21,23)/b19-11-. The number of hydrogen-bond acceptors (Lipinski definition) is 6. The summed E-state index contributed by atoms with van der Waals surface area (Å²) in [6, 6.07) is 11.7. The van der Waals surface area contributed by atoms with E-state index in [-0.39, 0.29) is 0 Å². The van der Waals surface area contributed by atoms with Crippen molar-refractivity contribution < 1.29 is 23.8 Å². The van der Waals surface area contributed by atoms with E-state index in [1.54, 1.807) is 42.5 Å². The summed E-state index contributed by atoms with van der Waals surface area (Å²) in [4.78, 5) is 23.6. The SMILES string of the molecule is COc1ccc(NC(=O)C(=O)N/N=C\c2ccc(OC)c(OC)c2)cc1. The molecule has 8 heteroatoms. The second-order valence-electron chi connectivity index (χ2n) is 5.00. The number of nitrogens with one attached hydrogen (secondary N) is 2. The molecule has 0 aliphatic rings. The number of methoxy groups -OCH3 is 3. The maximum absolute atomic E-state index is 11.8. The van der Waals surface area contributed by atoms with Crippen molar-refractivity contribution in [1.29, 1.82) is 0 Å². The van der Waals surface area contributed by atoms with Crippen molar-refractivity contribution in [3.05, 3.63) is 48.0 Å². The van der Waals surface area contributed by atoms with E-state index in [1.807, 2.05) is 0 Å². The molecule has 0 aliphatic heterocycles. The van der Waals surface area contributed by atoms with Gasteiger partial charge in [0.15, 0.2) is 11.5 Å². The smallest absolute Gasteiger partial charge is 0.329 e. The van der Waals surface area contributed by atoms with E-state index in [1.165, 1.54) is 27.5 Å². The van der Waals surface area contributed by atoms with E-state index < -0.39 is 11.8 Å². The highest BCUT2D eigenvalue weighted by Crippen LogP contribution is 2.26. The average Bonchev–Trinajstić information content (AvgIpc) is 2.68. The number of rotatable bonds is 6. The molecule has 26 heavy (non-hydrogen) atoms. The summed E-state index contributed by atoms with van der Waals surface area (Å²) >= 11 is 0. The molecule has 0 bridgehead atoms. The first-order chi connectivity index (χ1) is 12.6. The summed E-state index contributed by atoms with van der Waals surface area (Å²) in [5.41, 5.74) is 3.29. The third kappa shape index (κ3) is 4.97. The number of nitrogens with zero attached hydrogens (tertiary/aromatic N) is 1. The van der Waals surface area contributed by atoms with Gasteiger partial charge < -0.3 is 19.5 Å². The summed E-state index contributed by atoms with van der Waals surface area (Å²) in [7, 11) is 4.59. The number of ether oxygens (including phenoxy) is 3. The summed E-state index contributed by atoms with van der Waals surface area (Å²) < 4.78 is 15.3. The molecule has 0 saturated heterocycles. The van der Waals surface area contributed by atoms with Crippen molar-refractivity contribution in [3.8, 4) is 17.2 Å². The Hall–Kier alpha value is -3.55. The van der Waals surface area contributed by atoms with Gasteiger partial charge in [-0.25, -0.2) is 5.43 Å². The highest BCUT2D eigenvalue weighted by Gasteiger charge is 2.12. The number of hydrazone groups is 1. The summed E-state index contributed by atoms with van der Waals surface area (Å²) in [6.07, 6.45) is 1.39. The zero-order chi connectivity index (χ0) is 18.9. The minimum atomic E-state index is -0.891. The largest absolute Gasteiger partial charge is 0.497 e. The fraction of sp³-hybridized carbons (Fsp3) is 0.167. The van der Waals surface area contributed by atoms with Crippen LogP contribution in [0.3, 0.4) is 0 Å². The molecule has 136 valence electrons. The predicted molar refractivity (Wildman–Crippen MR) is 96.9 cm³/mol.